The fourth-order valence-electron chi connectivity index (χ4n) is 9.81. The molecule has 0 aliphatic carbocycles. The molecule has 11 aromatic rings. The first kappa shape index (κ1) is 31.4. The van der Waals surface area contributed by atoms with E-state index in [0.29, 0.717) is 0 Å². The Labute approximate surface area is 332 Å². The van der Waals surface area contributed by atoms with Gasteiger partial charge in [0.05, 0.1) is 33.1 Å². The van der Waals surface area contributed by atoms with Gasteiger partial charge in [0.25, 0.3) is 0 Å². The molecular formula is C54H32N4. The molecule has 4 heteroatoms. The second kappa shape index (κ2) is 11.8. The number of hydrogen-bond acceptors (Lipinski definition) is 2. The van der Waals surface area contributed by atoms with Crippen molar-refractivity contribution in [2.75, 3.05) is 0 Å². The molecule has 268 valence electrons. The average molecular weight is 737 g/mol. The molecule has 0 radical (unpaired) electrons. The second-order valence-corrected chi connectivity index (χ2v) is 15.4. The predicted octanol–water partition coefficient (Wildman–Crippen LogP) is 13.1. The zero-order valence-corrected chi connectivity index (χ0v) is 31.2. The largest absolute Gasteiger partial charge is 0.354 e. The highest BCUT2D eigenvalue weighted by molar-refractivity contribution is 6.22. The summed E-state index contributed by atoms with van der Waals surface area (Å²) in [6, 6.07) is 65.5. The van der Waals surface area contributed by atoms with Crippen molar-refractivity contribution < 1.29 is 0 Å². The zero-order valence-electron chi connectivity index (χ0n) is 31.2. The number of fused-ring (bicyclic) bond motifs is 12. The summed E-state index contributed by atoms with van der Waals surface area (Å²) >= 11 is 0. The van der Waals surface area contributed by atoms with Crippen LogP contribution in [0.2, 0.25) is 0 Å². The Morgan fingerprint density at radius 2 is 0.966 bits per heavy atom. The highest BCUT2D eigenvalue weighted by Crippen LogP contribution is 2.57. The van der Waals surface area contributed by atoms with E-state index < -0.39 is 0 Å². The van der Waals surface area contributed by atoms with Crippen LogP contribution in [0.4, 0.5) is 11.4 Å². The number of benzene rings is 9. The van der Waals surface area contributed by atoms with Gasteiger partial charge in [-0.05, 0) is 58.7 Å². The van der Waals surface area contributed by atoms with Crippen LogP contribution in [0.25, 0.3) is 99.2 Å². The molecule has 0 saturated heterocycles. The molecule has 2 aliphatic rings. The Morgan fingerprint density at radius 1 is 0.328 bits per heavy atom. The molecule has 9 aromatic carbocycles. The van der Waals surface area contributed by atoms with Crippen molar-refractivity contribution in [2.45, 2.75) is 0 Å². The molecule has 13 rings (SSSR count). The molecule has 4 nitrogen and oxygen atoms in total. The van der Waals surface area contributed by atoms with E-state index in [-0.39, 0.29) is 0 Å². The summed E-state index contributed by atoms with van der Waals surface area (Å²) in [4.78, 5) is 18.8. The molecule has 0 atom stereocenters. The van der Waals surface area contributed by atoms with Crippen LogP contribution < -0.4 is 10.7 Å². The summed E-state index contributed by atoms with van der Waals surface area (Å²) in [7, 11) is 0. The minimum absolute atomic E-state index is 0.941. The first-order chi connectivity index (χ1) is 28.8. The summed E-state index contributed by atoms with van der Waals surface area (Å²) in [5, 5.41) is 9.02. The van der Waals surface area contributed by atoms with Gasteiger partial charge in [-0.25, -0.2) is 9.98 Å². The lowest BCUT2D eigenvalue weighted by Gasteiger charge is -2.24. The van der Waals surface area contributed by atoms with Crippen molar-refractivity contribution >= 4 is 55.0 Å². The van der Waals surface area contributed by atoms with E-state index in [4.69, 9.17) is 9.98 Å². The Kier molecular flexibility index (Phi) is 6.41. The van der Waals surface area contributed by atoms with Crippen LogP contribution in [0, 0.1) is 10.4 Å². The van der Waals surface area contributed by atoms with Crippen LogP contribution in [-0.4, -0.2) is 9.97 Å². The molecule has 2 aliphatic heterocycles. The van der Waals surface area contributed by atoms with Gasteiger partial charge in [-0.2, -0.15) is 0 Å². The van der Waals surface area contributed by atoms with Gasteiger partial charge in [0.15, 0.2) is 0 Å². The third-order valence-corrected chi connectivity index (χ3v) is 12.3. The van der Waals surface area contributed by atoms with Crippen LogP contribution in [0.1, 0.15) is 0 Å². The third kappa shape index (κ3) is 4.34. The minimum atomic E-state index is 0.941. The van der Waals surface area contributed by atoms with E-state index in [1.807, 2.05) is 0 Å². The van der Waals surface area contributed by atoms with E-state index in [1.54, 1.807) is 0 Å². The van der Waals surface area contributed by atoms with E-state index in [0.717, 1.165) is 110 Å². The maximum atomic E-state index is 5.51. The van der Waals surface area contributed by atoms with Crippen molar-refractivity contribution in [2.24, 2.45) is 9.98 Å². The molecule has 0 unspecified atom stereocenters. The molecule has 2 N–H and O–H groups in total. The molecule has 4 heterocycles. The summed E-state index contributed by atoms with van der Waals surface area (Å²) in [6.45, 7) is 0. The van der Waals surface area contributed by atoms with Crippen LogP contribution in [0.5, 0.6) is 0 Å². The highest BCUT2D eigenvalue weighted by Gasteiger charge is 2.32. The Morgan fingerprint density at radius 3 is 1.74 bits per heavy atom. The predicted molar refractivity (Wildman–Crippen MR) is 238 cm³/mol. The first-order valence-corrected chi connectivity index (χ1v) is 19.8. The summed E-state index contributed by atoms with van der Waals surface area (Å²) in [5.74, 6) is 0. The number of hydrogen-bond donors (Lipinski definition) is 2. The van der Waals surface area contributed by atoms with Crippen LogP contribution in [0.15, 0.2) is 192 Å². The van der Waals surface area contributed by atoms with Gasteiger partial charge in [0.1, 0.15) is 0 Å². The zero-order chi connectivity index (χ0) is 37.9. The summed E-state index contributed by atoms with van der Waals surface area (Å²) in [6.07, 6.45) is 0. The van der Waals surface area contributed by atoms with Gasteiger partial charge >= 0.3 is 0 Å². The lowest BCUT2D eigenvalue weighted by atomic mass is 9.79. The van der Waals surface area contributed by atoms with E-state index in [9.17, 15) is 0 Å². The van der Waals surface area contributed by atoms with Gasteiger partial charge < -0.3 is 9.97 Å². The smallest absolute Gasteiger partial charge is 0.0817 e. The highest BCUT2D eigenvalue weighted by atomic mass is 14.8. The van der Waals surface area contributed by atoms with Gasteiger partial charge in [-0.15, -0.1) is 0 Å². The topological polar surface area (TPSA) is 56.3 Å². The standard InChI is InChI=1S/C54H32N4/c1-3-14-31(15-4-1)33-26-27-38-35-19-8-11-24-43(35)57-53(38)48(33)51-47(40-22-13-21-37-34-18-7-10-23-42(34)56-52(37)40)41(32-16-5-2-6-17-32)30-46-49(51)50-45(55-46)29-28-39-36-20-9-12-25-44(36)58-54(39)50/h1-30,56-57H. The fourth-order valence-corrected chi connectivity index (χ4v) is 9.81. The number of aromatic nitrogens is 2. The summed E-state index contributed by atoms with van der Waals surface area (Å²) < 4.78 is 0. The molecule has 0 bridgehead atoms. The SMILES string of the molecule is c1ccc(-c2cc3c(c(-c4c(-c5ccccc5)ccc5c4[nH]c4ccccc45)c2-c2cccc4c2[nH]c2ccccc24)-c2c4c(ccc2=N3)=c2ccccc2=N4)cc1. The maximum absolute atomic E-state index is 5.51. The molecule has 0 saturated carbocycles. The number of para-hydroxylation sites is 4. The Hall–Kier alpha value is -7.82. The lowest BCUT2D eigenvalue weighted by molar-refractivity contribution is 1.36. The second-order valence-electron chi connectivity index (χ2n) is 15.4. The maximum Gasteiger partial charge on any atom is 0.0817 e. The van der Waals surface area contributed by atoms with Crippen molar-refractivity contribution in [3.63, 3.8) is 0 Å². The Balaban J connectivity index is 1.30. The van der Waals surface area contributed by atoms with Crippen molar-refractivity contribution in [1.82, 2.24) is 9.97 Å². The van der Waals surface area contributed by atoms with Gasteiger partial charge in [-0.1, -0.05) is 146 Å². The lowest BCUT2D eigenvalue weighted by Crippen LogP contribution is -2.02. The number of aromatic amines is 2. The minimum Gasteiger partial charge on any atom is -0.354 e. The third-order valence-electron chi connectivity index (χ3n) is 12.3. The fraction of sp³-hybridized carbons (Fsp3) is 0. The van der Waals surface area contributed by atoms with Gasteiger partial charge in [0, 0.05) is 76.4 Å². The molecule has 0 fully saturated rings. The first-order valence-electron chi connectivity index (χ1n) is 19.8. The average Bonchev–Trinajstić information content (AvgIpc) is 4.06. The van der Waals surface area contributed by atoms with Crippen molar-refractivity contribution in [3.05, 3.63) is 203 Å². The van der Waals surface area contributed by atoms with Crippen molar-refractivity contribution in [3.8, 4) is 55.6 Å². The molecule has 2 aromatic heterocycles. The Bertz CT molecular complexity index is 3780. The number of rotatable bonds is 4. The molecule has 0 spiro atoms. The quantitative estimate of drug-likeness (QED) is 0.181. The van der Waals surface area contributed by atoms with E-state index in [1.165, 1.54) is 21.5 Å². The molecular weight excluding hydrogens is 705 g/mol. The number of nitrogens with one attached hydrogen (secondary N) is 2. The van der Waals surface area contributed by atoms with E-state index >= 15 is 0 Å². The summed E-state index contributed by atoms with van der Waals surface area (Å²) in [5.41, 5.74) is 17.7. The number of H-pyrrole nitrogens is 2. The monoisotopic (exact) mass is 736 g/mol. The van der Waals surface area contributed by atoms with Gasteiger partial charge in [0.2, 0.25) is 0 Å². The molecule has 58 heavy (non-hydrogen) atoms. The van der Waals surface area contributed by atoms with Crippen LogP contribution >= 0.6 is 0 Å². The van der Waals surface area contributed by atoms with Gasteiger partial charge in [-0.3, -0.25) is 0 Å². The molecule has 0 amide bonds. The number of nitrogens with zero attached hydrogens (tertiary/aromatic N) is 2. The van der Waals surface area contributed by atoms with Crippen LogP contribution in [0.3, 0.4) is 0 Å². The van der Waals surface area contributed by atoms with Crippen LogP contribution in [-0.2, 0) is 0 Å². The van der Waals surface area contributed by atoms with Crippen molar-refractivity contribution in [1.29, 1.82) is 0 Å². The normalized spacial score (nSPS) is 12.4. The van der Waals surface area contributed by atoms with E-state index in [2.05, 4.69) is 192 Å².